The van der Waals surface area contributed by atoms with Gasteiger partial charge in [0.05, 0.1) is 23.6 Å². The fourth-order valence-electron chi connectivity index (χ4n) is 1.90. The highest BCUT2D eigenvalue weighted by Crippen LogP contribution is 2.13. The van der Waals surface area contributed by atoms with E-state index in [0.29, 0.717) is 11.1 Å². The van der Waals surface area contributed by atoms with Gasteiger partial charge in [-0.25, -0.2) is 10.4 Å². The fraction of sp³-hybridized carbons (Fsp3) is 0. The van der Waals surface area contributed by atoms with Crippen LogP contribution in [0.15, 0.2) is 53.9 Å². The number of nitrogens with zero attached hydrogens (tertiary/aromatic N) is 2. The highest BCUT2D eigenvalue weighted by Gasteiger charge is 2.06. The van der Waals surface area contributed by atoms with Gasteiger partial charge in [0.15, 0.2) is 0 Å². The van der Waals surface area contributed by atoms with Crippen molar-refractivity contribution < 1.29 is 9.90 Å². The van der Waals surface area contributed by atoms with Crippen LogP contribution in [0, 0.1) is 0 Å². The van der Waals surface area contributed by atoms with Crippen LogP contribution in [0.1, 0.15) is 15.9 Å². The van der Waals surface area contributed by atoms with E-state index in [-0.39, 0.29) is 24.1 Å². The SMILES string of the molecule is Cl.O=C(NN=Cc1ccccc1O)c1ccc2nc[nH]c2c1. The van der Waals surface area contributed by atoms with Gasteiger partial charge in [-0.05, 0) is 30.3 Å². The molecule has 0 aliphatic rings. The second kappa shape index (κ2) is 6.73. The molecule has 0 radical (unpaired) electrons. The first-order valence-electron chi connectivity index (χ1n) is 6.28. The molecule has 1 amide bonds. The van der Waals surface area contributed by atoms with E-state index >= 15 is 0 Å². The summed E-state index contributed by atoms with van der Waals surface area (Å²) < 4.78 is 0. The maximum absolute atomic E-state index is 12.0. The molecule has 1 heterocycles. The predicted octanol–water partition coefficient (Wildman–Crippen LogP) is 2.45. The number of amides is 1. The average Bonchev–Trinajstić information content (AvgIpc) is 2.96. The lowest BCUT2D eigenvalue weighted by atomic mass is 10.2. The molecule has 3 aromatic rings. The molecule has 3 N–H and O–H groups in total. The number of hydrazone groups is 1. The molecule has 112 valence electrons. The summed E-state index contributed by atoms with van der Waals surface area (Å²) in [6.45, 7) is 0. The lowest BCUT2D eigenvalue weighted by Crippen LogP contribution is -2.17. The van der Waals surface area contributed by atoms with Gasteiger partial charge >= 0.3 is 0 Å². The summed E-state index contributed by atoms with van der Waals surface area (Å²) >= 11 is 0. The second-order valence-corrected chi connectivity index (χ2v) is 4.39. The van der Waals surface area contributed by atoms with Crippen molar-refractivity contribution >= 4 is 35.6 Å². The molecule has 0 aliphatic heterocycles. The molecule has 0 spiro atoms. The van der Waals surface area contributed by atoms with Crippen molar-refractivity contribution in [3.05, 3.63) is 59.9 Å². The first-order valence-corrected chi connectivity index (χ1v) is 6.28. The van der Waals surface area contributed by atoms with Gasteiger partial charge in [0.2, 0.25) is 0 Å². The van der Waals surface area contributed by atoms with Crippen molar-refractivity contribution in [1.29, 1.82) is 0 Å². The Morgan fingerprint density at radius 1 is 1.27 bits per heavy atom. The van der Waals surface area contributed by atoms with E-state index in [9.17, 15) is 9.90 Å². The predicted molar refractivity (Wildman–Crippen MR) is 86.5 cm³/mol. The molecule has 3 rings (SSSR count). The molecule has 0 unspecified atom stereocenters. The molecule has 0 saturated heterocycles. The van der Waals surface area contributed by atoms with Crippen molar-refractivity contribution in [2.24, 2.45) is 5.10 Å². The Bertz CT molecular complexity index is 829. The number of fused-ring (bicyclic) bond motifs is 1. The zero-order chi connectivity index (χ0) is 14.7. The molecule has 0 saturated carbocycles. The minimum Gasteiger partial charge on any atom is -0.507 e. The second-order valence-electron chi connectivity index (χ2n) is 4.39. The van der Waals surface area contributed by atoms with Crippen molar-refractivity contribution in [1.82, 2.24) is 15.4 Å². The number of hydrogen-bond donors (Lipinski definition) is 3. The fourth-order valence-corrected chi connectivity index (χ4v) is 1.90. The summed E-state index contributed by atoms with van der Waals surface area (Å²) in [5, 5.41) is 13.4. The first kappa shape index (κ1) is 15.5. The van der Waals surface area contributed by atoms with E-state index < -0.39 is 0 Å². The molecule has 0 bridgehead atoms. The summed E-state index contributed by atoms with van der Waals surface area (Å²) in [4.78, 5) is 19.0. The van der Waals surface area contributed by atoms with E-state index in [1.807, 2.05) is 0 Å². The van der Waals surface area contributed by atoms with Gasteiger partial charge in [-0.1, -0.05) is 12.1 Å². The van der Waals surface area contributed by atoms with Gasteiger partial charge in [-0.2, -0.15) is 5.10 Å². The number of benzene rings is 2. The Labute approximate surface area is 132 Å². The summed E-state index contributed by atoms with van der Waals surface area (Å²) in [6.07, 6.45) is 2.96. The number of rotatable bonds is 3. The summed E-state index contributed by atoms with van der Waals surface area (Å²) in [7, 11) is 0. The monoisotopic (exact) mass is 316 g/mol. The van der Waals surface area contributed by atoms with Gasteiger partial charge < -0.3 is 10.1 Å². The Kier molecular flexibility index (Phi) is 4.75. The van der Waals surface area contributed by atoms with Crippen molar-refractivity contribution in [2.75, 3.05) is 0 Å². The number of carbonyl (C=O) groups is 1. The van der Waals surface area contributed by atoms with E-state index in [2.05, 4.69) is 20.5 Å². The Balaban J connectivity index is 0.00000176. The van der Waals surface area contributed by atoms with E-state index in [1.54, 1.807) is 48.8 Å². The van der Waals surface area contributed by atoms with E-state index in [4.69, 9.17) is 0 Å². The van der Waals surface area contributed by atoms with Crippen molar-refractivity contribution in [2.45, 2.75) is 0 Å². The molecule has 0 aliphatic carbocycles. The van der Waals surface area contributed by atoms with Crippen molar-refractivity contribution in [3.8, 4) is 5.75 Å². The van der Waals surface area contributed by atoms with Crippen LogP contribution >= 0.6 is 12.4 Å². The Morgan fingerprint density at radius 3 is 2.91 bits per heavy atom. The number of aromatic nitrogens is 2. The summed E-state index contributed by atoms with van der Waals surface area (Å²) in [5.74, 6) is -0.229. The van der Waals surface area contributed by atoms with Crippen LogP contribution in [0.25, 0.3) is 11.0 Å². The zero-order valence-corrected chi connectivity index (χ0v) is 12.2. The largest absolute Gasteiger partial charge is 0.507 e. The Morgan fingerprint density at radius 2 is 2.09 bits per heavy atom. The lowest BCUT2D eigenvalue weighted by Gasteiger charge is -2.00. The van der Waals surface area contributed by atoms with Crippen LogP contribution in [0.3, 0.4) is 0 Å². The summed E-state index contributed by atoms with van der Waals surface area (Å²) in [5.41, 5.74) is 5.00. The highest BCUT2D eigenvalue weighted by atomic mass is 35.5. The van der Waals surface area contributed by atoms with Crippen LogP contribution in [-0.2, 0) is 0 Å². The standard InChI is InChI=1S/C15H12N4O2.ClH/c20-14-4-2-1-3-11(14)8-18-19-15(21)10-5-6-12-13(7-10)17-9-16-12;/h1-9,20H,(H,16,17)(H,19,21);1H. The molecular weight excluding hydrogens is 304 g/mol. The van der Waals surface area contributed by atoms with E-state index in [0.717, 1.165) is 11.0 Å². The van der Waals surface area contributed by atoms with Crippen LogP contribution in [0.4, 0.5) is 0 Å². The third-order valence-electron chi connectivity index (χ3n) is 2.99. The topological polar surface area (TPSA) is 90.4 Å². The first-order chi connectivity index (χ1) is 10.2. The maximum atomic E-state index is 12.0. The number of imidazole rings is 1. The van der Waals surface area contributed by atoms with Crippen LogP contribution in [-0.4, -0.2) is 27.2 Å². The molecule has 22 heavy (non-hydrogen) atoms. The number of carbonyl (C=O) groups excluding carboxylic acids is 1. The third kappa shape index (κ3) is 3.24. The van der Waals surface area contributed by atoms with Gasteiger partial charge in [0.25, 0.3) is 5.91 Å². The minimum atomic E-state index is -0.335. The molecule has 6 nitrogen and oxygen atoms in total. The minimum absolute atomic E-state index is 0. The zero-order valence-electron chi connectivity index (χ0n) is 11.4. The molecule has 2 aromatic carbocycles. The molecule has 0 atom stereocenters. The number of phenols is 1. The number of aromatic hydroxyl groups is 1. The number of phenolic OH excluding ortho intramolecular Hbond substituents is 1. The number of aromatic amines is 1. The number of hydrogen-bond acceptors (Lipinski definition) is 4. The number of halogens is 1. The molecule has 1 aromatic heterocycles. The third-order valence-corrected chi connectivity index (χ3v) is 2.99. The number of para-hydroxylation sites is 1. The summed E-state index contributed by atoms with van der Waals surface area (Å²) in [6, 6.07) is 11.9. The van der Waals surface area contributed by atoms with Crippen molar-refractivity contribution in [3.63, 3.8) is 0 Å². The van der Waals surface area contributed by atoms with Gasteiger partial charge in [0, 0.05) is 11.1 Å². The number of nitrogens with one attached hydrogen (secondary N) is 2. The van der Waals surface area contributed by atoms with Crippen LogP contribution in [0.2, 0.25) is 0 Å². The molecule has 0 fully saturated rings. The van der Waals surface area contributed by atoms with Crippen LogP contribution in [0.5, 0.6) is 5.75 Å². The highest BCUT2D eigenvalue weighted by molar-refractivity contribution is 5.97. The lowest BCUT2D eigenvalue weighted by molar-refractivity contribution is 0.0955. The maximum Gasteiger partial charge on any atom is 0.271 e. The number of H-pyrrole nitrogens is 1. The van der Waals surface area contributed by atoms with Gasteiger partial charge in [0.1, 0.15) is 5.75 Å². The average molecular weight is 317 g/mol. The normalized spacial score (nSPS) is 10.5. The molecular formula is C15H13ClN4O2. The van der Waals surface area contributed by atoms with E-state index in [1.165, 1.54) is 6.21 Å². The van der Waals surface area contributed by atoms with Gasteiger partial charge in [-0.15, -0.1) is 12.4 Å². The van der Waals surface area contributed by atoms with Gasteiger partial charge in [-0.3, -0.25) is 4.79 Å². The quantitative estimate of drug-likeness (QED) is 0.512. The molecule has 7 heteroatoms. The smallest absolute Gasteiger partial charge is 0.271 e. The van der Waals surface area contributed by atoms with Crippen LogP contribution < -0.4 is 5.43 Å². The Hall–Kier alpha value is -2.86.